The van der Waals surface area contributed by atoms with E-state index in [1.54, 1.807) is 12.3 Å². The molecule has 3 aromatic rings. The Hall–Kier alpha value is -1.72. The first-order valence-corrected chi connectivity index (χ1v) is 7.85. The fraction of sp³-hybridized carbons (Fsp3) is 0.200. The monoisotopic (exact) mass is 321 g/mol. The summed E-state index contributed by atoms with van der Waals surface area (Å²) in [6, 6.07) is 5.07. The average Bonchev–Trinajstić information content (AvgIpc) is 3.11. The summed E-state index contributed by atoms with van der Waals surface area (Å²) in [6.45, 7) is 2.36. The lowest BCUT2D eigenvalue weighted by molar-refractivity contribution is 0.597. The molecule has 21 heavy (non-hydrogen) atoms. The van der Waals surface area contributed by atoms with Crippen molar-refractivity contribution in [2.75, 3.05) is 0 Å². The fourth-order valence-corrected chi connectivity index (χ4v) is 3.13. The number of hydrogen-bond donors (Lipinski definition) is 0. The Bertz CT molecular complexity index is 766. The van der Waals surface area contributed by atoms with Gasteiger partial charge in [-0.25, -0.2) is 14.4 Å². The molecule has 0 aliphatic heterocycles. The fourth-order valence-electron chi connectivity index (χ4n) is 2.08. The Labute approximate surface area is 131 Å². The van der Waals surface area contributed by atoms with E-state index in [9.17, 15) is 4.39 Å². The standard InChI is InChI=1S/C15H13ClFN3S/c1-10-18-4-5-20(10)8-12-6-11(2-3-14(12)17)15-19-13(7-16)9-21-15/h2-6,9H,7-8H2,1H3. The maximum atomic E-state index is 14.0. The summed E-state index contributed by atoms with van der Waals surface area (Å²) >= 11 is 7.29. The van der Waals surface area contributed by atoms with Gasteiger partial charge in [0.2, 0.25) is 0 Å². The van der Waals surface area contributed by atoms with Gasteiger partial charge in [-0.15, -0.1) is 22.9 Å². The molecule has 0 fully saturated rings. The summed E-state index contributed by atoms with van der Waals surface area (Å²) in [4.78, 5) is 8.58. The molecule has 2 heterocycles. The van der Waals surface area contributed by atoms with Crippen molar-refractivity contribution in [3.63, 3.8) is 0 Å². The van der Waals surface area contributed by atoms with Crippen molar-refractivity contribution in [2.45, 2.75) is 19.3 Å². The van der Waals surface area contributed by atoms with Crippen LogP contribution in [-0.2, 0) is 12.4 Å². The minimum absolute atomic E-state index is 0.221. The number of aryl methyl sites for hydroxylation is 1. The average molecular weight is 322 g/mol. The minimum Gasteiger partial charge on any atom is -0.331 e. The third-order valence-electron chi connectivity index (χ3n) is 3.25. The molecule has 108 valence electrons. The maximum absolute atomic E-state index is 14.0. The second kappa shape index (κ2) is 5.95. The molecule has 0 saturated heterocycles. The van der Waals surface area contributed by atoms with Gasteiger partial charge in [-0.3, -0.25) is 0 Å². The van der Waals surface area contributed by atoms with Crippen LogP contribution in [0.5, 0.6) is 0 Å². The third kappa shape index (κ3) is 2.99. The Morgan fingerprint density at radius 2 is 2.24 bits per heavy atom. The Balaban J connectivity index is 1.94. The van der Waals surface area contributed by atoms with Gasteiger partial charge in [0.25, 0.3) is 0 Å². The predicted molar refractivity (Wildman–Crippen MR) is 83.1 cm³/mol. The first kappa shape index (κ1) is 14.2. The van der Waals surface area contributed by atoms with E-state index in [0.717, 1.165) is 22.1 Å². The Morgan fingerprint density at radius 3 is 2.90 bits per heavy atom. The zero-order chi connectivity index (χ0) is 14.8. The van der Waals surface area contributed by atoms with Gasteiger partial charge in [0.1, 0.15) is 16.6 Å². The van der Waals surface area contributed by atoms with Crippen LogP contribution in [0, 0.1) is 12.7 Å². The molecule has 1 aromatic carbocycles. The summed E-state index contributed by atoms with van der Waals surface area (Å²) in [5.41, 5.74) is 2.37. The van der Waals surface area contributed by atoms with Crippen LogP contribution >= 0.6 is 22.9 Å². The van der Waals surface area contributed by atoms with Crippen LogP contribution in [0.15, 0.2) is 36.0 Å². The highest BCUT2D eigenvalue weighted by atomic mass is 35.5. The van der Waals surface area contributed by atoms with Crippen molar-refractivity contribution < 1.29 is 4.39 Å². The number of aromatic nitrogens is 3. The lowest BCUT2D eigenvalue weighted by Gasteiger charge is -2.08. The molecule has 3 nitrogen and oxygen atoms in total. The topological polar surface area (TPSA) is 30.7 Å². The minimum atomic E-state index is -0.221. The van der Waals surface area contributed by atoms with E-state index in [1.807, 2.05) is 29.1 Å². The molecule has 0 radical (unpaired) electrons. The molecule has 0 N–H and O–H groups in total. The quantitative estimate of drug-likeness (QED) is 0.673. The Morgan fingerprint density at radius 1 is 1.38 bits per heavy atom. The largest absolute Gasteiger partial charge is 0.331 e. The van der Waals surface area contributed by atoms with Gasteiger partial charge in [0, 0.05) is 28.9 Å². The number of thiazole rings is 1. The van der Waals surface area contributed by atoms with Crippen molar-refractivity contribution in [1.82, 2.24) is 14.5 Å². The highest BCUT2D eigenvalue weighted by molar-refractivity contribution is 7.13. The molecule has 3 rings (SSSR count). The summed E-state index contributed by atoms with van der Waals surface area (Å²) in [7, 11) is 0. The summed E-state index contributed by atoms with van der Waals surface area (Å²) in [5, 5.41) is 2.78. The summed E-state index contributed by atoms with van der Waals surface area (Å²) < 4.78 is 15.9. The second-order valence-electron chi connectivity index (χ2n) is 4.69. The summed E-state index contributed by atoms with van der Waals surface area (Å²) in [6.07, 6.45) is 3.56. The number of imidazole rings is 1. The molecule has 2 aromatic heterocycles. The molecule has 0 spiro atoms. The first-order valence-electron chi connectivity index (χ1n) is 6.44. The lowest BCUT2D eigenvalue weighted by Crippen LogP contribution is -2.03. The maximum Gasteiger partial charge on any atom is 0.128 e. The van der Waals surface area contributed by atoms with Gasteiger partial charge < -0.3 is 4.57 Å². The van der Waals surface area contributed by atoms with Crippen molar-refractivity contribution in [2.24, 2.45) is 0 Å². The molecule has 0 aliphatic carbocycles. The number of rotatable bonds is 4. The van der Waals surface area contributed by atoms with Gasteiger partial charge in [-0.05, 0) is 25.1 Å². The molecule has 0 atom stereocenters. The number of hydrogen-bond acceptors (Lipinski definition) is 3. The van der Waals surface area contributed by atoms with E-state index >= 15 is 0 Å². The van der Waals surface area contributed by atoms with Crippen molar-refractivity contribution >= 4 is 22.9 Å². The van der Waals surface area contributed by atoms with Crippen LogP contribution < -0.4 is 0 Å². The lowest BCUT2D eigenvalue weighted by atomic mass is 10.1. The molecule has 0 amide bonds. The van der Waals surface area contributed by atoms with Gasteiger partial charge in [-0.1, -0.05) is 0 Å². The molecule has 0 saturated carbocycles. The van der Waals surface area contributed by atoms with Crippen LogP contribution in [0.4, 0.5) is 4.39 Å². The SMILES string of the molecule is Cc1nccn1Cc1cc(-c2nc(CCl)cs2)ccc1F. The molecular weight excluding hydrogens is 309 g/mol. The van der Waals surface area contributed by atoms with Crippen LogP contribution in [0.25, 0.3) is 10.6 Å². The van der Waals surface area contributed by atoms with Crippen LogP contribution in [-0.4, -0.2) is 14.5 Å². The molecule has 0 aliphatic rings. The highest BCUT2D eigenvalue weighted by Crippen LogP contribution is 2.26. The van der Waals surface area contributed by atoms with E-state index in [4.69, 9.17) is 11.6 Å². The number of halogens is 2. The van der Waals surface area contributed by atoms with Crippen molar-refractivity contribution in [3.8, 4) is 10.6 Å². The van der Waals surface area contributed by atoms with Gasteiger partial charge in [0.15, 0.2) is 0 Å². The van der Waals surface area contributed by atoms with E-state index in [1.165, 1.54) is 17.4 Å². The van der Waals surface area contributed by atoms with Gasteiger partial charge >= 0.3 is 0 Å². The second-order valence-corrected chi connectivity index (χ2v) is 5.81. The number of nitrogens with zero attached hydrogens (tertiary/aromatic N) is 3. The van der Waals surface area contributed by atoms with E-state index in [2.05, 4.69) is 9.97 Å². The predicted octanol–water partition coefficient (Wildman–Crippen LogP) is 4.24. The molecule has 6 heteroatoms. The van der Waals surface area contributed by atoms with Crippen LogP contribution in [0.2, 0.25) is 0 Å². The zero-order valence-electron chi connectivity index (χ0n) is 11.4. The smallest absolute Gasteiger partial charge is 0.128 e. The van der Waals surface area contributed by atoms with Crippen LogP contribution in [0.3, 0.4) is 0 Å². The van der Waals surface area contributed by atoms with E-state index < -0.39 is 0 Å². The molecular formula is C15H13ClFN3S. The molecule has 0 bridgehead atoms. The first-order chi connectivity index (χ1) is 10.2. The van der Waals surface area contributed by atoms with Crippen LogP contribution in [0.1, 0.15) is 17.1 Å². The van der Waals surface area contributed by atoms with Gasteiger partial charge in [-0.2, -0.15) is 0 Å². The van der Waals surface area contributed by atoms with Gasteiger partial charge in [0.05, 0.1) is 18.1 Å². The third-order valence-corrected chi connectivity index (χ3v) is 4.46. The van der Waals surface area contributed by atoms with E-state index in [-0.39, 0.29) is 5.82 Å². The van der Waals surface area contributed by atoms with Crippen molar-refractivity contribution in [1.29, 1.82) is 0 Å². The number of benzene rings is 1. The van der Waals surface area contributed by atoms with Crippen molar-refractivity contribution in [3.05, 3.63) is 58.9 Å². The summed E-state index contributed by atoms with van der Waals surface area (Å²) in [5.74, 6) is 1.03. The number of alkyl halides is 1. The molecule has 0 unspecified atom stereocenters. The van der Waals surface area contributed by atoms with E-state index in [0.29, 0.717) is 18.0 Å². The Kier molecular flexibility index (Phi) is 4.03. The zero-order valence-corrected chi connectivity index (χ0v) is 13.0. The normalized spacial score (nSPS) is 11.0. The highest BCUT2D eigenvalue weighted by Gasteiger charge is 2.10.